The molecule has 0 unspecified atom stereocenters. The van der Waals surface area contributed by atoms with E-state index in [1.54, 1.807) is 25.1 Å². The summed E-state index contributed by atoms with van der Waals surface area (Å²) in [5, 5.41) is 16.7. The SMILES string of the molecule is CCOc1cc(C=Nn2c([C@@H](C)CC)nc3ccc(Br)cc3c2=O)cc([N+](=O)[O-])c1O[C@H](C)CC. The summed E-state index contributed by atoms with van der Waals surface area (Å²) < 4.78 is 13.5. The van der Waals surface area contributed by atoms with Crippen molar-refractivity contribution < 1.29 is 14.4 Å². The van der Waals surface area contributed by atoms with Gasteiger partial charge in [0.15, 0.2) is 5.75 Å². The normalized spacial score (nSPS) is 13.2. The van der Waals surface area contributed by atoms with Crippen molar-refractivity contribution in [2.75, 3.05) is 6.61 Å². The van der Waals surface area contributed by atoms with Gasteiger partial charge in [-0.25, -0.2) is 4.98 Å². The Balaban J connectivity index is 2.18. The maximum atomic E-state index is 13.3. The summed E-state index contributed by atoms with van der Waals surface area (Å²) in [6.07, 6.45) is 2.61. The Morgan fingerprint density at radius 3 is 2.57 bits per heavy atom. The summed E-state index contributed by atoms with van der Waals surface area (Å²) in [5.74, 6) is 0.809. The van der Waals surface area contributed by atoms with E-state index in [4.69, 9.17) is 9.47 Å². The lowest BCUT2D eigenvalue weighted by molar-refractivity contribution is -0.386. The molecule has 0 aliphatic rings. The molecule has 0 bridgehead atoms. The van der Waals surface area contributed by atoms with E-state index in [1.807, 2.05) is 33.8 Å². The molecule has 35 heavy (non-hydrogen) atoms. The van der Waals surface area contributed by atoms with Gasteiger partial charge in [0.1, 0.15) is 5.82 Å². The fraction of sp³-hybridized carbons (Fsp3) is 0.400. The van der Waals surface area contributed by atoms with Gasteiger partial charge in [-0.2, -0.15) is 9.78 Å². The second-order valence-corrected chi connectivity index (χ2v) is 9.11. The number of nitro benzene ring substituents is 1. The first-order valence-corrected chi connectivity index (χ1v) is 12.4. The molecule has 0 radical (unpaired) electrons. The average molecular weight is 545 g/mol. The largest absolute Gasteiger partial charge is 0.490 e. The summed E-state index contributed by atoms with van der Waals surface area (Å²) in [6, 6.07) is 8.31. The highest BCUT2D eigenvalue weighted by Gasteiger charge is 2.24. The fourth-order valence-corrected chi connectivity index (χ4v) is 3.75. The van der Waals surface area contributed by atoms with Crippen LogP contribution in [0.1, 0.15) is 64.8 Å². The fourth-order valence-electron chi connectivity index (χ4n) is 3.39. The van der Waals surface area contributed by atoms with E-state index < -0.39 is 4.92 Å². The highest BCUT2D eigenvalue weighted by molar-refractivity contribution is 9.10. The molecule has 0 N–H and O–H groups in total. The number of fused-ring (bicyclic) bond motifs is 1. The minimum atomic E-state index is -0.510. The predicted octanol–water partition coefficient (Wildman–Crippen LogP) is 6.04. The summed E-state index contributed by atoms with van der Waals surface area (Å²) >= 11 is 3.40. The summed E-state index contributed by atoms with van der Waals surface area (Å²) in [4.78, 5) is 29.4. The topological polar surface area (TPSA) is 109 Å². The van der Waals surface area contributed by atoms with Crippen LogP contribution in [0.4, 0.5) is 5.69 Å². The molecule has 9 nitrogen and oxygen atoms in total. The van der Waals surface area contributed by atoms with Gasteiger partial charge in [0.25, 0.3) is 5.56 Å². The number of halogens is 1. The van der Waals surface area contributed by atoms with Crippen molar-refractivity contribution in [1.82, 2.24) is 9.66 Å². The number of benzene rings is 2. The monoisotopic (exact) mass is 544 g/mol. The number of hydrogen-bond donors (Lipinski definition) is 0. The standard InChI is InChI=1S/C25H29BrN4O5/c1-6-15(4)24-28-20-10-9-18(26)13-19(20)25(31)29(24)27-14-17-11-21(30(32)33)23(35-16(5)7-2)22(12-17)34-8-3/h9-16H,6-8H2,1-5H3/t15-,16+/m0/s1. The van der Waals surface area contributed by atoms with E-state index in [0.29, 0.717) is 35.3 Å². The van der Waals surface area contributed by atoms with E-state index in [9.17, 15) is 14.9 Å². The van der Waals surface area contributed by atoms with E-state index >= 15 is 0 Å². The van der Waals surface area contributed by atoms with Crippen LogP contribution in [0.25, 0.3) is 10.9 Å². The van der Waals surface area contributed by atoms with Crippen LogP contribution in [-0.2, 0) is 0 Å². The van der Waals surface area contributed by atoms with Crippen molar-refractivity contribution in [1.29, 1.82) is 0 Å². The van der Waals surface area contributed by atoms with E-state index in [1.165, 1.54) is 17.0 Å². The van der Waals surface area contributed by atoms with Crippen molar-refractivity contribution in [2.45, 2.75) is 59.5 Å². The second kappa shape index (κ2) is 11.4. The molecule has 3 rings (SSSR count). The molecule has 0 saturated heterocycles. The number of aromatic nitrogens is 2. The van der Waals surface area contributed by atoms with Crippen molar-refractivity contribution in [3.8, 4) is 11.5 Å². The van der Waals surface area contributed by atoms with Gasteiger partial charge in [0.2, 0.25) is 5.75 Å². The van der Waals surface area contributed by atoms with E-state index in [0.717, 1.165) is 10.9 Å². The quantitative estimate of drug-likeness (QED) is 0.175. The number of nitrogens with zero attached hydrogens (tertiary/aromatic N) is 4. The highest BCUT2D eigenvalue weighted by Crippen LogP contribution is 2.39. The van der Waals surface area contributed by atoms with Gasteiger partial charge < -0.3 is 9.47 Å². The Bertz CT molecular complexity index is 1320. The summed E-state index contributed by atoms with van der Waals surface area (Å²) in [7, 11) is 0. The number of nitro groups is 1. The van der Waals surface area contributed by atoms with E-state index in [2.05, 4.69) is 26.0 Å². The van der Waals surface area contributed by atoms with Crippen molar-refractivity contribution in [3.05, 3.63) is 66.7 Å². The molecule has 2 atom stereocenters. The Morgan fingerprint density at radius 1 is 1.20 bits per heavy atom. The molecule has 1 aromatic heterocycles. The van der Waals surface area contributed by atoms with Gasteiger partial charge in [0.05, 0.1) is 34.8 Å². The highest BCUT2D eigenvalue weighted by atomic mass is 79.9. The van der Waals surface area contributed by atoms with Gasteiger partial charge in [-0.05, 0) is 51.0 Å². The van der Waals surface area contributed by atoms with Crippen molar-refractivity contribution >= 4 is 38.7 Å². The lowest BCUT2D eigenvalue weighted by Gasteiger charge is -2.17. The minimum Gasteiger partial charge on any atom is -0.490 e. The molecule has 3 aromatic rings. The average Bonchev–Trinajstić information content (AvgIpc) is 2.84. The van der Waals surface area contributed by atoms with Crippen LogP contribution in [-0.4, -0.2) is 33.5 Å². The third-order valence-corrected chi connectivity index (χ3v) is 6.15. The lowest BCUT2D eigenvalue weighted by Crippen LogP contribution is -2.23. The van der Waals surface area contributed by atoms with E-state index in [-0.39, 0.29) is 34.8 Å². The number of rotatable bonds is 10. The van der Waals surface area contributed by atoms with Gasteiger partial charge in [0, 0.05) is 22.0 Å². The van der Waals surface area contributed by atoms with Crippen LogP contribution in [0, 0.1) is 10.1 Å². The third kappa shape index (κ3) is 5.87. The van der Waals surface area contributed by atoms with Crippen LogP contribution in [0.5, 0.6) is 11.5 Å². The van der Waals surface area contributed by atoms with Crippen LogP contribution in [0.3, 0.4) is 0 Å². The van der Waals surface area contributed by atoms with Gasteiger partial charge >= 0.3 is 5.69 Å². The summed E-state index contributed by atoms with van der Waals surface area (Å²) in [6.45, 7) is 9.83. The van der Waals surface area contributed by atoms with Crippen LogP contribution in [0.15, 0.2) is 44.7 Å². The Hall–Kier alpha value is -3.27. The second-order valence-electron chi connectivity index (χ2n) is 8.20. The van der Waals surface area contributed by atoms with Gasteiger partial charge in [-0.15, -0.1) is 0 Å². The molecular formula is C25H29BrN4O5. The van der Waals surface area contributed by atoms with Crippen LogP contribution in [0.2, 0.25) is 0 Å². The minimum absolute atomic E-state index is 0.0347. The Morgan fingerprint density at radius 2 is 1.94 bits per heavy atom. The molecule has 2 aromatic carbocycles. The zero-order chi connectivity index (χ0) is 25.7. The maximum Gasteiger partial charge on any atom is 0.315 e. The molecule has 0 amide bonds. The molecule has 0 aliphatic heterocycles. The third-order valence-electron chi connectivity index (χ3n) is 5.66. The van der Waals surface area contributed by atoms with Crippen molar-refractivity contribution in [3.63, 3.8) is 0 Å². The Kier molecular flexibility index (Phi) is 8.61. The van der Waals surface area contributed by atoms with Crippen LogP contribution >= 0.6 is 15.9 Å². The first-order chi connectivity index (χ1) is 16.7. The summed E-state index contributed by atoms with van der Waals surface area (Å²) in [5.41, 5.74) is 0.431. The molecule has 1 heterocycles. The molecular weight excluding hydrogens is 516 g/mol. The predicted molar refractivity (Wildman–Crippen MR) is 140 cm³/mol. The number of hydrogen-bond acceptors (Lipinski definition) is 7. The van der Waals surface area contributed by atoms with Crippen LogP contribution < -0.4 is 15.0 Å². The lowest BCUT2D eigenvalue weighted by atomic mass is 10.1. The van der Waals surface area contributed by atoms with Gasteiger partial charge in [-0.3, -0.25) is 14.9 Å². The Labute approximate surface area is 212 Å². The smallest absolute Gasteiger partial charge is 0.315 e. The molecule has 0 spiro atoms. The first-order valence-electron chi connectivity index (χ1n) is 11.6. The first kappa shape index (κ1) is 26.3. The van der Waals surface area contributed by atoms with Gasteiger partial charge in [-0.1, -0.05) is 36.7 Å². The number of ether oxygens (including phenoxy) is 2. The molecule has 0 aliphatic carbocycles. The molecule has 0 fully saturated rings. The molecule has 10 heteroatoms. The zero-order valence-corrected chi connectivity index (χ0v) is 22.0. The zero-order valence-electron chi connectivity index (χ0n) is 20.4. The maximum absolute atomic E-state index is 13.3. The van der Waals surface area contributed by atoms with Crippen molar-refractivity contribution in [2.24, 2.45) is 5.10 Å². The molecule has 186 valence electrons. The molecule has 0 saturated carbocycles.